The summed E-state index contributed by atoms with van der Waals surface area (Å²) in [6.07, 6.45) is 79.2. The zero-order valence-corrected chi connectivity index (χ0v) is 74.2. The van der Waals surface area contributed by atoms with Gasteiger partial charge < -0.3 is 33.8 Å². The van der Waals surface area contributed by atoms with E-state index in [1.165, 1.54) is 321 Å². The van der Waals surface area contributed by atoms with Gasteiger partial charge in [0.05, 0.1) is 26.4 Å². The molecule has 110 heavy (non-hydrogen) atoms. The minimum atomic E-state index is -4.97. The Morgan fingerprint density at radius 1 is 0.255 bits per heavy atom. The van der Waals surface area contributed by atoms with Crippen LogP contribution in [-0.4, -0.2) is 96.7 Å². The molecule has 0 aliphatic rings. The van der Waals surface area contributed by atoms with Gasteiger partial charge in [0.2, 0.25) is 0 Å². The van der Waals surface area contributed by atoms with Crippen LogP contribution in [0.4, 0.5) is 0 Å². The number of phosphoric ester groups is 2. The van der Waals surface area contributed by atoms with E-state index >= 15 is 0 Å². The molecule has 3 N–H and O–H groups in total. The number of aliphatic hydroxyl groups excluding tert-OH is 1. The number of rotatable bonds is 91. The lowest BCUT2D eigenvalue weighted by Crippen LogP contribution is -2.30. The van der Waals surface area contributed by atoms with Crippen LogP contribution in [0, 0.1) is 5.92 Å². The van der Waals surface area contributed by atoms with Crippen molar-refractivity contribution in [2.24, 2.45) is 5.92 Å². The lowest BCUT2D eigenvalue weighted by molar-refractivity contribution is -0.161. The highest BCUT2D eigenvalue weighted by Crippen LogP contribution is 2.45. The Morgan fingerprint density at radius 3 is 0.645 bits per heavy atom. The van der Waals surface area contributed by atoms with Crippen molar-refractivity contribution in [2.45, 2.75) is 515 Å². The number of phosphoric acid groups is 2. The number of carbonyl (C=O) groups is 4. The highest BCUT2D eigenvalue weighted by molar-refractivity contribution is 7.47. The van der Waals surface area contributed by atoms with Crippen molar-refractivity contribution in [3.63, 3.8) is 0 Å². The lowest BCUT2D eigenvalue weighted by Gasteiger charge is -2.21. The highest BCUT2D eigenvalue weighted by Gasteiger charge is 2.31. The van der Waals surface area contributed by atoms with Crippen LogP contribution in [0.15, 0.2) is 0 Å². The summed E-state index contributed by atoms with van der Waals surface area (Å²) in [6, 6.07) is 0. The summed E-state index contributed by atoms with van der Waals surface area (Å²) in [6.45, 7) is 7.40. The largest absolute Gasteiger partial charge is 0.472 e. The molecule has 19 heteroatoms. The van der Waals surface area contributed by atoms with Gasteiger partial charge in [-0.1, -0.05) is 446 Å². The molecule has 0 radical (unpaired) electrons. The van der Waals surface area contributed by atoms with Gasteiger partial charge in [-0.25, -0.2) is 9.13 Å². The standard InChI is InChI=1S/C91H178O17P2/c1-6-10-13-16-19-22-25-28-31-34-36-37-38-40-43-46-49-52-55-62-67-72-76-90(95)107-86(80-101-88(93)74-69-64-59-53-50-47-44-42-39-35-32-29-26-23-20-17-14-11-7-2)82-105-109(97,98)103-78-85(92)79-104-110(99,100)106-83-87(81-102-89(94)75-70-65-60-57-56-58-63-68-73-84(5)9-4)108-91(96)77-71-66-61-54-51-48-45-41-33-30-27-24-21-18-15-12-8-3/h84-87,92H,6-83H2,1-5H3,(H,97,98)(H,99,100)/t84?,85-,86-,87-/m1/s1. The van der Waals surface area contributed by atoms with Crippen LogP contribution in [0.3, 0.4) is 0 Å². The zero-order valence-electron chi connectivity index (χ0n) is 72.4. The second-order valence-corrected chi connectivity index (χ2v) is 35.8. The maximum absolute atomic E-state index is 13.2. The van der Waals surface area contributed by atoms with E-state index in [2.05, 4.69) is 34.6 Å². The molecule has 6 atom stereocenters. The maximum atomic E-state index is 13.2. The molecule has 3 unspecified atom stereocenters. The van der Waals surface area contributed by atoms with Crippen molar-refractivity contribution in [3.05, 3.63) is 0 Å². The van der Waals surface area contributed by atoms with Crippen molar-refractivity contribution < 1.29 is 80.2 Å². The fraction of sp³-hybridized carbons (Fsp3) is 0.956. The third-order valence-corrected chi connectivity index (χ3v) is 23.8. The summed E-state index contributed by atoms with van der Waals surface area (Å²) >= 11 is 0. The molecular weight excluding hydrogens is 1430 g/mol. The average Bonchev–Trinajstić information content (AvgIpc) is 0.897. The molecule has 0 aromatic carbocycles. The summed E-state index contributed by atoms with van der Waals surface area (Å²) in [7, 11) is -9.94. The Balaban J connectivity index is 5.24. The molecule has 0 bridgehead atoms. The van der Waals surface area contributed by atoms with E-state index in [1.54, 1.807) is 0 Å². The van der Waals surface area contributed by atoms with Crippen LogP contribution in [0.1, 0.15) is 497 Å². The van der Waals surface area contributed by atoms with Gasteiger partial charge >= 0.3 is 39.5 Å². The van der Waals surface area contributed by atoms with Gasteiger partial charge in [-0.15, -0.1) is 0 Å². The molecule has 17 nitrogen and oxygen atoms in total. The molecule has 0 aliphatic heterocycles. The first-order valence-electron chi connectivity index (χ1n) is 47.2. The molecule has 0 fully saturated rings. The molecule has 0 saturated carbocycles. The number of hydrogen-bond donors (Lipinski definition) is 3. The minimum Gasteiger partial charge on any atom is -0.462 e. The highest BCUT2D eigenvalue weighted by atomic mass is 31.2. The number of unbranched alkanes of at least 4 members (excludes halogenated alkanes) is 62. The Hall–Kier alpha value is -1.94. The number of aliphatic hydroxyl groups is 1. The van der Waals surface area contributed by atoms with Gasteiger partial charge in [-0.2, -0.15) is 0 Å². The monoisotopic (exact) mass is 1610 g/mol. The summed E-state index contributed by atoms with van der Waals surface area (Å²) in [5.41, 5.74) is 0. The Bertz CT molecular complexity index is 2080. The van der Waals surface area contributed by atoms with Gasteiger partial charge in [0.25, 0.3) is 0 Å². The quantitative estimate of drug-likeness (QED) is 0.0222. The van der Waals surface area contributed by atoms with Crippen molar-refractivity contribution >= 4 is 39.5 Å². The molecule has 0 heterocycles. The van der Waals surface area contributed by atoms with Crippen LogP contribution in [0.25, 0.3) is 0 Å². The smallest absolute Gasteiger partial charge is 0.462 e. The number of carbonyl (C=O) groups excluding carboxylic acids is 4. The second kappa shape index (κ2) is 83.5. The molecule has 0 aromatic heterocycles. The van der Waals surface area contributed by atoms with E-state index in [0.717, 1.165) is 95.8 Å². The van der Waals surface area contributed by atoms with E-state index in [1.807, 2.05) is 0 Å². The van der Waals surface area contributed by atoms with Crippen molar-refractivity contribution in [1.29, 1.82) is 0 Å². The van der Waals surface area contributed by atoms with Gasteiger partial charge in [-0.3, -0.25) is 37.3 Å². The first-order valence-corrected chi connectivity index (χ1v) is 50.2. The van der Waals surface area contributed by atoms with Gasteiger partial charge in [0.15, 0.2) is 12.2 Å². The topological polar surface area (TPSA) is 237 Å². The number of ether oxygens (including phenoxy) is 4. The number of hydrogen-bond acceptors (Lipinski definition) is 15. The van der Waals surface area contributed by atoms with Crippen molar-refractivity contribution in [1.82, 2.24) is 0 Å². The summed E-state index contributed by atoms with van der Waals surface area (Å²) in [5.74, 6) is -1.32. The minimum absolute atomic E-state index is 0.109. The lowest BCUT2D eigenvalue weighted by atomic mass is 9.99. The summed E-state index contributed by atoms with van der Waals surface area (Å²) in [5, 5.41) is 10.7. The predicted molar refractivity (Wildman–Crippen MR) is 455 cm³/mol. The molecule has 0 spiro atoms. The SMILES string of the molecule is CCCCCCCCCCCCCCCCCCCCCCCCC(=O)O[C@H](COC(=O)CCCCCCCCCCCCCCCCCCCCC)COP(=O)(O)OC[C@@H](O)COP(=O)(O)OC[C@@H](COC(=O)CCCCCCCCCCC(C)CC)OC(=O)CCCCCCCCCCCCCCCCCCC. The van der Waals surface area contributed by atoms with E-state index < -0.39 is 97.5 Å². The van der Waals surface area contributed by atoms with E-state index in [4.69, 9.17) is 37.0 Å². The first-order chi connectivity index (χ1) is 53.6. The van der Waals surface area contributed by atoms with E-state index in [-0.39, 0.29) is 25.7 Å². The van der Waals surface area contributed by atoms with E-state index in [9.17, 15) is 43.2 Å². The van der Waals surface area contributed by atoms with Crippen LogP contribution >= 0.6 is 15.6 Å². The first kappa shape index (κ1) is 108. The molecule has 654 valence electrons. The molecule has 0 saturated heterocycles. The zero-order chi connectivity index (χ0) is 80.4. The normalized spacial score (nSPS) is 13.9. The summed E-state index contributed by atoms with van der Waals surface area (Å²) in [4.78, 5) is 73.4. The fourth-order valence-corrected chi connectivity index (χ4v) is 15.9. The Kier molecular flexibility index (Phi) is 82.1. The van der Waals surface area contributed by atoms with E-state index in [0.29, 0.717) is 25.7 Å². The molecular formula is C91H178O17P2. The van der Waals surface area contributed by atoms with Crippen LogP contribution in [0.5, 0.6) is 0 Å². The second-order valence-electron chi connectivity index (χ2n) is 32.9. The molecule has 0 aliphatic carbocycles. The fourth-order valence-electron chi connectivity index (χ4n) is 14.3. The predicted octanol–water partition coefficient (Wildman–Crippen LogP) is 28.3. The average molecular weight is 1610 g/mol. The maximum Gasteiger partial charge on any atom is 0.472 e. The molecule has 0 amide bonds. The molecule has 0 rings (SSSR count). The van der Waals surface area contributed by atoms with Gasteiger partial charge in [0.1, 0.15) is 19.3 Å². The van der Waals surface area contributed by atoms with Crippen molar-refractivity contribution in [2.75, 3.05) is 39.6 Å². The van der Waals surface area contributed by atoms with Gasteiger partial charge in [0, 0.05) is 25.7 Å². The van der Waals surface area contributed by atoms with Gasteiger partial charge in [-0.05, 0) is 31.6 Å². The number of esters is 4. The third kappa shape index (κ3) is 82.6. The Morgan fingerprint density at radius 2 is 0.436 bits per heavy atom. The van der Waals surface area contributed by atoms with Crippen LogP contribution in [0.2, 0.25) is 0 Å². The molecule has 0 aromatic rings. The summed E-state index contributed by atoms with van der Waals surface area (Å²) < 4.78 is 69.1. The van der Waals surface area contributed by atoms with Crippen LogP contribution in [-0.2, 0) is 65.4 Å². The third-order valence-electron chi connectivity index (χ3n) is 21.9. The van der Waals surface area contributed by atoms with Crippen molar-refractivity contribution in [3.8, 4) is 0 Å². The Labute approximate surface area is 677 Å². The van der Waals surface area contributed by atoms with Crippen LogP contribution < -0.4 is 0 Å².